The molecule has 8 aromatic carbocycles. The number of hydrogen-bond acceptors (Lipinski definition) is 3. The Morgan fingerprint density at radius 2 is 1.10 bits per heavy atom. The summed E-state index contributed by atoms with van der Waals surface area (Å²) in [5, 5.41) is 12.5. The molecule has 3 heterocycles. The van der Waals surface area contributed by atoms with Crippen molar-refractivity contribution in [1.82, 2.24) is 14.5 Å². The first-order valence-corrected chi connectivity index (χ1v) is 16.3. The van der Waals surface area contributed by atoms with Crippen LogP contribution in [-0.4, -0.2) is 14.5 Å². The van der Waals surface area contributed by atoms with Crippen LogP contribution in [0.2, 0.25) is 0 Å². The largest absolute Gasteiger partial charge is 0.455 e. The van der Waals surface area contributed by atoms with Gasteiger partial charge >= 0.3 is 0 Å². The fourth-order valence-corrected chi connectivity index (χ4v) is 7.85. The second-order valence-electron chi connectivity index (χ2n) is 12.5. The number of benzene rings is 8. The summed E-state index contributed by atoms with van der Waals surface area (Å²) in [6, 6.07) is 53.5. The minimum absolute atomic E-state index is 0.643. The summed E-state index contributed by atoms with van der Waals surface area (Å²) in [5.41, 5.74) is 6.82. The molecular formula is C44H25N3O. The molecule has 0 fully saturated rings. The van der Waals surface area contributed by atoms with Gasteiger partial charge in [0.25, 0.3) is 0 Å². The van der Waals surface area contributed by atoms with E-state index in [-0.39, 0.29) is 0 Å². The molecule has 0 amide bonds. The van der Waals surface area contributed by atoms with Crippen LogP contribution >= 0.6 is 0 Å². The smallest absolute Gasteiger partial charge is 0.235 e. The monoisotopic (exact) mass is 611 g/mol. The van der Waals surface area contributed by atoms with Crippen LogP contribution in [-0.2, 0) is 0 Å². The van der Waals surface area contributed by atoms with Crippen LogP contribution in [0.15, 0.2) is 156 Å². The Morgan fingerprint density at radius 3 is 1.94 bits per heavy atom. The molecule has 11 aromatic rings. The molecule has 0 aliphatic rings. The second kappa shape index (κ2) is 9.50. The van der Waals surface area contributed by atoms with Crippen molar-refractivity contribution in [2.75, 3.05) is 0 Å². The van der Waals surface area contributed by atoms with E-state index in [0.29, 0.717) is 5.95 Å². The highest BCUT2D eigenvalue weighted by atomic mass is 16.3. The van der Waals surface area contributed by atoms with Crippen molar-refractivity contribution < 1.29 is 4.42 Å². The van der Waals surface area contributed by atoms with Crippen molar-refractivity contribution in [3.05, 3.63) is 152 Å². The van der Waals surface area contributed by atoms with Crippen LogP contribution in [0.5, 0.6) is 0 Å². The summed E-state index contributed by atoms with van der Waals surface area (Å²) in [6.07, 6.45) is 0. The topological polar surface area (TPSA) is 43.9 Å². The summed E-state index contributed by atoms with van der Waals surface area (Å²) in [7, 11) is 0. The number of aromatic nitrogens is 3. The maximum atomic E-state index is 6.52. The Morgan fingerprint density at radius 1 is 0.438 bits per heavy atom. The second-order valence-corrected chi connectivity index (χ2v) is 12.5. The van der Waals surface area contributed by atoms with Gasteiger partial charge in [0.1, 0.15) is 11.2 Å². The summed E-state index contributed by atoms with van der Waals surface area (Å²) < 4.78 is 8.76. The molecule has 0 radical (unpaired) electrons. The van der Waals surface area contributed by atoms with E-state index in [1.165, 1.54) is 10.8 Å². The van der Waals surface area contributed by atoms with E-state index in [4.69, 9.17) is 14.4 Å². The maximum Gasteiger partial charge on any atom is 0.235 e. The van der Waals surface area contributed by atoms with E-state index < -0.39 is 0 Å². The third kappa shape index (κ3) is 3.43. The van der Waals surface area contributed by atoms with E-state index in [1.54, 1.807) is 0 Å². The molecule has 3 aromatic heterocycles. The maximum absolute atomic E-state index is 6.52. The molecule has 0 unspecified atom stereocenters. The first-order valence-electron chi connectivity index (χ1n) is 16.3. The van der Waals surface area contributed by atoms with Gasteiger partial charge in [0, 0.05) is 43.3 Å². The molecule has 0 aliphatic heterocycles. The van der Waals surface area contributed by atoms with Crippen molar-refractivity contribution in [3.63, 3.8) is 0 Å². The van der Waals surface area contributed by atoms with E-state index in [0.717, 1.165) is 87.4 Å². The predicted molar refractivity (Wildman–Crippen MR) is 199 cm³/mol. The average Bonchev–Trinajstić information content (AvgIpc) is 3.70. The van der Waals surface area contributed by atoms with Crippen LogP contribution in [0.25, 0.3) is 104 Å². The molecule has 4 nitrogen and oxygen atoms in total. The molecule has 48 heavy (non-hydrogen) atoms. The van der Waals surface area contributed by atoms with Gasteiger partial charge in [0.05, 0.1) is 22.2 Å². The first kappa shape index (κ1) is 25.6. The number of fused-ring (bicyclic) bond motifs is 14. The highest BCUT2D eigenvalue weighted by molar-refractivity contribution is 6.27. The first-order chi connectivity index (χ1) is 23.8. The van der Waals surface area contributed by atoms with Crippen LogP contribution in [0.1, 0.15) is 0 Å². The number of nitrogens with zero attached hydrogens (tertiary/aromatic N) is 3. The number of rotatable bonds is 2. The van der Waals surface area contributed by atoms with Crippen molar-refractivity contribution >= 4 is 87.0 Å². The predicted octanol–water partition coefficient (Wildman–Crippen LogP) is 11.8. The van der Waals surface area contributed by atoms with Crippen molar-refractivity contribution in [3.8, 4) is 17.2 Å². The van der Waals surface area contributed by atoms with Gasteiger partial charge in [-0.15, -0.1) is 0 Å². The van der Waals surface area contributed by atoms with Gasteiger partial charge < -0.3 is 4.42 Å². The van der Waals surface area contributed by atoms with Crippen LogP contribution < -0.4 is 0 Å². The molecule has 0 spiro atoms. The molecule has 0 saturated carbocycles. The Balaban J connectivity index is 1.33. The molecule has 11 rings (SSSR count). The van der Waals surface area contributed by atoms with Crippen LogP contribution in [0, 0.1) is 0 Å². The highest BCUT2D eigenvalue weighted by Crippen LogP contribution is 2.42. The SMILES string of the molecule is c1ccc(-c2nc(-n3c4ccccc4c4cc5ccc6c7ccccc7oc6c5cc43)nc3c4ccccc4c4ccccc4c23)cc1. The van der Waals surface area contributed by atoms with Gasteiger partial charge in [-0.3, -0.25) is 4.57 Å². The van der Waals surface area contributed by atoms with E-state index in [1.807, 2.05) is 12.1 Å². The Labute approximate surface area is 274 Å². The van der Waals surface area contributed by atoms with Crippen molar-refractivity contribution in [2.45, 2.75) is 0 Å². The molecule has 0 aliphatic carbocycles. The normalized spacial score (nSPS) is 12.2. The highest BCUT2D eigenvalue weighted by Gasteiger charge is 2.21. The van der Waals surface area contributed by atoms with Gasteiger partial charge in [-0.05, 0) is 51.9 Å². The van der Waals surface area contributed by atoms with Crippen LogP contribution in [0.4, 0.5) is 0 Å². The van der Waals surface area contributed by atoms with E-state index >= 15 is 0 Å². The zero-order valence-electron chi connectivity index (χ0n) is 25.7. The minimum Gasteiger partial charge on any atom is -0.455 e. The molecule has 222 valence electrons. The van der Waals surface area contributed by atoms with Gasteiger partial charge in [-0.2, -0.15) is 0 Å². The Kier molecular flexibility index (Phi) is 5.08. The Bertz CT molecular complexity index is 3120. The lowest BCUT2D eigenvalue weighted by atomic mass is 9.94. The fourth-order valence-electron chi connectivity index (χ4n) is 7.85. The lowest BCUT2D eigenvalue weighted by molar-refractivity contribution is 0.672. The van der Waals surface area contributed by atoms with Gasteiger partial charge in [0.2, 0.25) is 5.95 Å². The fraction of sp³-hybridized carbons (Fsp3) is 0. The zero-order chi connectivity index (χ0) is 31.3. The van der Waals surface area contributed by atoms with Gasteiger partial charge in [0.15, 0.2) is 0 Å². The standard InChI is InChI=1S/C44H25N3O/c1-2-12-26(13-3-1)41-40-32-18-6-4-14-28(32)29-15-5-7-19-33(29)42(40)46-44(45-41)47-37-20-10-8-16-30(37)36-24-27-22-23-34-31-17-9-11-21-39(31)48-43(34)35(27)25-38(36)47/h1-25H. The molecular weight excluding hydrogens is 587 g/mol. The lowest BCUT2D eigenvalue weighted by Crippen LogP contribution is -2.04. The van der Waals surface area contributed by atoms with Gasteiger partial charge in [-0.1, -0.05) is 121 Å². The number of para-hydroxylation sites is 2. The zero-order valence-corrected chi connectivity index (χ0v) is 25.7. The summed E-state index contributed by atoms with van der Waals surface area (Å²) in [4.78, 5) is 11.0. The quantitative estimate of drug-likeness (QED) is 0.183. The van der Waals surface area contributed by atoms with E-state index in [9.17, 15) is 0 Å². The van der Waals surface area contributed by atoms with E-state index in [2.05, 4.69) is 144 Å². The summed E-state index contributed by atoms with van der Waals surface area (Å²) in [6.45, 7) is 0. The van der Waals surface area contributed by atoms with Crippen molar-refractivity contribution in [2.24, 2.45) is 0 Å². The third-order valence-electron chi connectivity index (χ3n) is 9.97. The third-order valence-corrected chi connectivity index (χ3v) is 9.97. The summed E-state index contributed by atoms with van der Waals surface area (Å²) >= 11 is 0. The van der Waals surface area contributed by atoms with Crippen molar-refractivity contribution in [1.29, 1.82) is 0 Å². The molecule has 4 heteroatoms. The molecule has 0 saturated heterocycles. The number of hydrogen-bond donors (Lipinski definition) is 0. The minimum atomic E-state index is 0.643. The van der Waals surface area contributed by atoms with Crippen LogP contribution in [0.3, 0.4) is 0 Å². The number of furan rings is 1. The summed E-state index contributed by atoms with van der Waals surface area (Å²) in [5.74, 6) is 0.643. The Hall–Kier alpha value is -6.52. The molecule has 0 atom stereocenters. The average molecular weight is 612 g/mol. The van der Waals surface area contributed by atoms with Gasteiger partial charge in [-0.25, -0.2) is 9.97 Å². The molecule has 0 bridgehead atoms. The lowest BCUT2D eigenvalue weighted by Gasteiger charge is -2.16. The molecule has 0 N–H and O–H groups in total.